The van der Waals surface area contributed by atoms with Crippen molar-refractivity contribution in [2.75, 3.05) is 0 Å². The van der Waals surface area contributed by atoms with Gasteiger partial charge in [-0.25, -0.2) is 0 Å². The van der Waals surface area contributed by atoms with Crippen LogP contribution in [0.2, 0.25) is 0 Å². The van der Waals surface area contributed by atoms with Crippen molar-refractivity contribution < 1.29 is 4.79 Å². The van der Waals surface area contributed by atoms with E-state index in [1.165, 1.54) is 0 Å². The van der Waals surface area contributed by atoms with Gasteiger partial charge < -0.3 is 4.57 Å². The predicted molar refractivity (Wildman–Crippen MR) is 49.3 cm³/mol. The molecule has 1 aromatic rings. The lowest BCUT2D eigenvalue weighted by Crippen LogP contribution is -2.04. The highest BCUT2D eigenvalue weighted by Crippen LogP contribution is 2.06. The van der Waals surface area contributed by atoms with Gasteiger partial charge in [-0.2, -0.15) is 0 Å². The van der Waals surface area contributed by atoms with Gasteiger partial charge in [0, 0.05) is 19.7 Å². The van der Waals surface area contributed by atoms with Gasteiger partial charge in [-0.3, -0.25) is 4.79 Å². The molecule has 0 fully saturated rings. The van der Waals surface area contributed by atoms with E-state index in [0.717, 1.165) is 18.5 Å². The summed E-state index contributed by atoms with van der Waals surface area (Å²) in [4.78, 5) is 11.5. The largest absolute Gasteiger partial charge is 0.348 e. The highest BCUT2D eigenvalue weighted by atomic mass is 16.1. The second kappa shape index (κ2) is 4.10. The van der Waals surface area contributed by atoms with Crippen LogP contribution in [0.4, 0.5) is 0 Å². The highest BCUT2D eigenvalue weighted by molar-refractivity contribution is 5.94. The van der Waals surface area contributed by atoms with Crippen LogP contribution in [-0.2, 0) is 7.05 Å². The summed E-state index contributed by atoms with van der Waals surface area (Å²) in [5, 5.41) is 0. The maximum atomic E-state index is 11.5. The van der Waals surface area contributed by atoms with Gasteiger partial charge in [0.25, 0.3) is 0 Å². The normalized spacial score (nSPS) is 10.2. The van der Waals surface area contributed by atoms with Gasteiger partial charge in [0.1, 0.15) is 0 Å². The molecule has 0 aliphatic rings. The lowest BCUT2D eigenvalue weighted by atomic mass is 10.1. The Balaban J connectivity index is 2.59. The fourth-order valence-electron chi connectivity index (χ4n) is 1.22. The SMILES string of the molecule is CCCCC(=O)c1cccn1C. The van der Waals surface area contributed by atoms with Crippen molar-refractivity contribution in [2.45, 2.75) is 26.2 Å². The zero-order valence-electron chi connectivity index (χ0n) is 7.71. The molecular weight excluding hydrogens is 150 g/mol. The first-order valence-corrected chi connectivity index (χ1v) is 4.40. The van der Waals surface area contributed by atoms with Crippen molar-refractivity contribution in [2.24, 2.45) is 7.05 Å². The third-order valence-corrected chi connectivity index (χ3v) is 1.99. The van der Waals surface area contributed by atoms with Gasteiger partial charge in [-0.05, 0) is 18.6 Å². The van der Waals surface area contributed by atoms with E-state index in [9.17, 15) is 4.79 Å². The van der Waals surface area contributed by atoms with Crippen LogP contribution in [0, 0.1) is 0 Å². The first-order chi connectivity index (χ1) is 5.75. The van der Waals surface area contributed by atoms with Crippen molar-refractivity contribution in [3.8, 4) is 0 Å². The van der Waals surface area contributed by atoms with Crippen molar-refractivity contribution in [3.63, 3.8) is 0 Å². The van der Waals surface area contributed by atoms with E-state index in [4.69, 9.17) is 0 Å². The Morgan fingerprint density at radius 3 is 2.83 bits per heavy atom. The van der Waals surface area contributed by atoms with E-state index >= 15 is 0 Å². The number of aryl methyl sites for hydroxylation is 1. The zero-order valence-corrected chi connectivity index (χ0v) is 7.71. The van der Waals surface area contributed by atoms with Gasteiger partial charge >= 0.3 is 0 Å². The molecule has 0 amide bonds. The Labute approximate surface area is 73.2 Å². The lowest BCUT2D eigenvalue weighted by Gasteiger charge is -2.00. The van der Waals surface area contributed by atoms with Crippen LogP contribution in [0.25, 0.3) is 0 Å². The summed E-state index contributed by atoms with van der Waals surface area (Å²) < 4.78 is 1.87. The fourth-order valence-corrected chi connectivity index (χ4v) is 1.22. The van der Waals surface area contributed by atoms with Crippen molar-refractivity contribution in [1.29, 1.82) is 0 Å². The number of ketones is 1. The standard InChI is InChI=1S/C10H15NO/c1-3-4-7-10(12)9-6-5-8-11(9)2/h5-6,8H,3-4,7H2,1-2H3. The van der Waals surface area contributed by atoms with Gasteiger partial charge in [0.2, 0.25) is 0 Å². The summed E-state index contributed by atoms with van der Waals surface area (Å²) in [6.07, 6.45) is 4.65. The van der Waals surface area contributed by atoms with Crippen LogP contribution in [0.5, 0.6) is 0 Å². The van der Waals surface area contributed by atoms with Gasteiger partial charge in [0.05, 0.1) is 5.69 Å². The number of Topliss-reactive ketones (excluding diaryl/α,β-unsaturated/α-hetero) is 1. The van der Waals surface area contributed by atoms with Crippen LogP contribution in [0.1, 0.15) is 36.7 Å². The van der Waals surface area contributed by atoms with E-state index in [-0.39, 0.29) is 5.78 Å². The Kier molecular flexibility index (Phi) is 3.09. The molecule has 1 rings (SSSR count). The summed E-state index contributed by atoms with van der Waals surface area (Å²) in [6, 6.07) is 3.77. The van der Waals surface area contributed by atoms with Crippen LogP contribution >= 0.6 is 0 Å². The van der Waals surface area contributed by atoms with Crippen LogP contribution < -0.4 is 0 Å². The van der Waals surface area contributed by atoms with Gasteiger partial charge in [-0.1, -0.05) is 13.3 Å². The monoisotopic (exact) mass is 165 g/mol. The van der Waals surface area contributed by atoms with Crippen molar-refractivity contribution >= 4 is 5.78 Å². The minimum Gasteiger partial charge on any atom is -0.348 e. The molecule has 0 aromatic carbocycles. The molecule has 0 aliphatic heterocycles. The number of carbonyl (C=O) groups is 1. The number of aromatic nitrogens is 1. The molecule has 1 aromatic heterocycles. The smallest absolute Gasteiger partial charge is 0.179 e. The number of rotatable bonds is 4. The first-order valence-electron chi connectivity index (χ1n) is 4.40. The summed E-state index contributed by atoms with van der Waals surface area (Å²) in [7, 11) is 1.90. The molecule has 0 unspecified atom stereocenters. The van der Waals surface area contributed by atoms with E-state index in [1.807, 2.05) is 29.9 Å². The second-order valence-corrected chi connectivity index (χ2v) is 3.03. The molecule has 1 heterocycles. The number of nitrogens with zero attached hydrogens (tertiary/aromatic N) is 1. The summed E-state index contributed by atoms with van der Waals surface area (Å²) in [5.41, 5.74) is 0.823. The quantitative estimate of drug-likeness (QED) is 0.628. The molecule has 0 atom stereocenters. The molecule has 0 aliphatic carbocycles. The third kappa shape index (κ3) is 1.97. The maximum absolute atomic E-state index is 11.5. The predicted octanol–water partition coefficient (Wildman–Crippen LogP) is 2.40. The average Bonchev–Trinajstić information content (AvgIpc) is 2.47. The molecule has 0 radical (unpaired) electrons. The van der Waals surface area contributed by atoms with E-state index in [2.05, 4.69) is 6.92 Å². The molecule has 0 bridgehead atoms. The third-order valence-electron chi connectivity index (χ3n) is 1.99. The molecule has 66 valence electrons. The summed E-state index contributed by atoms with van der Waals surface area (Å²) >= 11 is 0. The molecule has 0 saturated heterocycles. The molecule has 0 N–H and O–H groups in total. The molecule has 2 heteroatoms. The molecule has 12 heavy (non-hydrogen) atoms. The van der Waals surface area contributed by atoms with E-state index < -0.39 is 0 Å². The Bertz CT molecular complexity index is 263. The Hall–Kier alpha value is -1.05. The second-order valence-electron chi connectivity index (χ2n) is 3.03. The highest BCUT2D eigenvalue weighted by Gasteiger charge is 2.06. The average molecular weight is 165 g/mol. The van der Waals surface area contributed by atoms with Gasteiger partial charge in [0.15, 0.2) is 5.78 Å². The summed E-state index contributed by atoms with van der Waals surface area (Å²) in [6.45, 7) is 2.10. The topological polar surface area (TPSA) is 22.0 Å². The van der Waals surface area contributed by atoms with Crippen LogP contribution in [0.15, 0.2) is 18.3 Å². The molecular formula is C10H15NO. The first kappa shape index (κ1) is 9.04. The van der Waals surface area contributed by atoms with E-state index in [1.54, 1.807) is 0 Å². The minimum absolute atomic E-state index is 0.254. The van der Waals surface area contributed by atoms with Gasteiger partial charge in [-0.15, -0.1) is 0 Å². The lowest BCUT2D eigenvalue weighted by molar-refractivity contribution is 0.0972. The van der Waals surface area contributed by atoms with Crippen molar-refractivity contribution in [1.82, 2.24) is 4.57 Å². The van der Waals surface area contributed by atoms with Crippen LogP contribution in [0.3, 0.4) is 0 Å². The maximum Gasteiger partial charge on any atom is 0.179 e. The number of hydrogen-bond donors (Lipinski definition) is 0. The minimum atomic E-state index is 0.254. The summed E-state index contributed by atoms with van der Waals surface area (Å²) in [5.74, 6) is 0.254. The zero-order chi connectivity index (χ0) is 8.97. The Morgan fingerprint density at radius 1 is 1.58 bits per heavy atom. The fraction of sp³-hybridized carbons (Fsp3) is 0.500. The van der Waals surface area contributed by atoms with E-state index in [0.29, 0.717) is 6.42 Å². The molecule has 0 saturated carbocycles. The van der Waals surface area contributed by atoms with Crippen LogP contribution in [-0.4, -0.2) is 10.4 Å². The van der Waals surface area contributed by atoms with Crippen molar-refractivity contribution in [3.05, 3.63) is 24.0 Å². The Morgan fingerprint density at radius 2 is 2.33 bits per heavy atom. The molecule has 0 spiro atoms. The number of unbranched alkanes of at least 4 members (excludes halogenated alkanes) is 1. The number of carbonyl (C=O) groups excluding carboxylic acids is 1. The number of hydrogen-bond acceptors (Lipinski definition) is 1. The molecule has 2 nitrogen and oxygen atoms in total.